The molecule has 2 aromatic carbocycles. The van der Waals surface area contributed by atoms with Crippen molar-refractivity contribution in [1.29, 1.82) is 0 Å². The summed E-state index contributed by atoms with van der Waals surface area (Å²) in [5.74, 6) is 0.388. The van der Waals surface area contributed by atoms with Gasteiger partial charge in [-0.05, 0) is 22.9 Å². The van der Waals surface area contributed by atoms with E-state index in [4.69, 9.17) is 10.9 Å². The number of nitrogens with one attached hydrogen (secondary N) is 3. The van der Waals surface area contributed by atoms with Crippen LogP contribution in [-0.4, -0.2) is 57.3 Å². The van der Waals surface area contributed by atoms with Gasteiger partial charge in [0.25, 0.3) is 0 Å². The first-order valence-electron chi connectivity index (χ1n) is 8.97. The molecule has 30 heavy (non-hydrogen) atoms. The van der Waals surface area contributed by atoms with E-state index in [-0.39, 0.29) is 27.5 Å². The van der Waals surface area contributed by atoms with Gasteiger partial charge >= 0.3 is 0 Å². The fourth-order valence-electron chi connectivity index (χ4n) is 3.45. The Kier molecular flexibility index (Phi) is 4.47. The molecule has 1 aliphatic heterocycles. The van der Waals surface area contributed by atoms with Crippen LogP contribution in [0, 0.1) is 0 Å². The maximum Gasteiger partial charge on any atom is 0.239 e. The SMILES string of the molecule is Nc1nc2c(-c3ccc(SC4CNC4)c(S(N)(=O)=O)c3-c3nn[nH]n3)cccc2[nH]1. The number of nitrogen functional groups attached to an aromatic ring is 1. The molecule has 1 fully saturated rings. The number of nitrogens with two attached hydrogens (primary N) is 2. The van der Waals surface area contributed by atoms with Crippen molar-refractivity contribution >= 4 is 38.8 Å². The molecule has 0 spiro atoms. The Hall–Kier alpha value is -3.00. The lowest BCUT2D eigenvalue weighted by atomic mass is 9.98. The van der Waals surface area contributed by atoms with Crippen molar-refractivity contribution in [1.82, 2.24) is 35.9 Å². The maximum atomic E-state index is 12.7. The molecule has 11 nitrogen and oxygen atoms in total. The predicted molar refractivity (Wildman–Crippen MR) is 113 cm³/mol. The zero-order valence-electron chi connectivity index (χ0n) is 15.5. The summed E-state index contributed by atoms with van der Waals surface area (Å²) in [5.41, 5.74) is 8.67. The van der Waals surface area contributed by atoms with Crippen LogP contribution in [-0.2, 0) is 10.0 Å². The Balaban J connectivity index is 1.83. The lowest BCUT2D eigenvalue weighted by Crippen LogP contribution is -2.44. The number of aromatic nitrogens is 6. The molecular weight excluding hydrogens is 426 g/mol. The molecule has 4 aromatic rings. The summed E-state index contributed by atoms with van der Waals surface area (Å²) in [6, 6.07) is 9.08. The van der Waals surface area contributed by atoms with Crippen molar-refractivity contribution in [2.24, 2.45) is 5.14 Å². The number of H-pyrrole nitrogens is 2. The van der Waals surface area contributed by atoms with Crippen molar-refractivity contribution < 1.29 is 8.42 Å². The van der Waals surface area contributed by atoms with Gasteiger partial charge < -0.3 is 16.0 Å². The first-order valence-corrected chi connectivity index (χ1v) is 11.4. The fourth-order valence-corrected chi connectivity index (χ4v) is 5.89. The molecule has 0 amide bonds. The second-order valence-corrected chi connectivity index (χ2v) is 9.66. The van der Waals surface area contributed by atoms with Gasteiger partial charge in [-0.15, -0.1) is 22.0 Å². The van der Waals surface area contributed by atoms with Crippen molar-refractivity contribution in [2.45, 2.75) is 15.0 Å². The Labute approximate surface area is 175 Å². The highest BCUT2D eigenvalue weighted by Crippen LogP contribution is 2.43. The Morgan fingerprint density at radius 1 is 1.13 bits per heavy atom. The minimum Gasteiger partial charge on any atom is -0.369 e. The largest absolute Gasteiger partial charge is 0.369 e. The van der Waals surface area contributed by atoms with Crippen LogP contribution in [0.3, 0.4) is 0 Å². The van der Waals surface area contributed by atoms with Gasteiger partial charge in [0, 0.05) is 28.8 Å². The molecular formula is C17H17N9O2S2. The van der Waals surface area contributed by atoms with E-state index in [9.17, 15) is 8.42 Å². The van der Waals surface area contributed by atoms with Crippen molar-refractivity contribution in [3.63, 3.8) is 0 Å². The van der Waals surface area contributed by atoms with E-state index in [1.165, 1.54) is 11.8 Å². The van der Waals surface area contributed by atoms with E-state index < -0.39 is 10.0 Å². The molecule has 0 aliphatic carbocycles. The van der Waals surface area contributed by atoms with E-state index in [1.54, 1.807) is 6.07 Å². The molecule has 0 saturated carbocycles. The van der Waals surface area contributed by atoms with Gasteiger partial charge in [-0.25, -0.2) is 18.5 Å². The molecule has 0 radical (unpaired) electrons. The number of para-hydroxylation sites is 1. The molecule has 7 N–H and O–H groups in total. The number of nitrogens with zero attached hydrogens (tertiary/aromatic N) is 4. The highest BCUT2D eigenvalue weighted by atomic mass is 32.2. The predicted octanol–water partition coefficient (Wildman–Crippen LogP) is 0.703. The molecule has 1 aliphatic rings. The van der Waals surface area contributed by atoms with Gasteiger partial charge in [-0.2, -0.15) is 5.21 Å². The summed E-state index contributed by atoms with van der Waals surface area (Å²) in [6.45, 7) is 1.58. The molecule has 1 saturated heterocycles. The molecule has 154 valence electrons. The van der Waals surface area contributed by atoms with E-state index >= 15 is 0 Å². The number of tetrazole rings is 1. The fraction of sp³-hybridized carbons (Fsp3) is 0.176. The van der Waals surface area contributed by atoms with Crippen molar-refractivity contribution in [3.05, 3.63) is 30.3 Å². The van der Waals surface area contributed by atoms with Crippen LogP contribution in [0.4, 0.5) is 5.95 Å². The number of thioether (sulfide) groups is 1. The quantitative estimate of drug-likeness (QED) is 0.296. The van der Waals surface area contributed by atoms with Crippen LogP contribution in [0.2, 0.25) is 0 Å². The van der Waals surface area contributed by atoms with Crippen molar-refractivity contribution in [2.75, 3.05) is 18.8 Å². The van der Waals surface area contributed by atoms with Crippen LogP contribution in [0.25, 0.3) is 33.5 Å². The van der Waals surface area contributed by atoms with E-state index in [1.807, 2.05) is 24.3 Å². The third-order valence-electron chi connectivity index (χ3n) is 4.83. The van der Waals surface area contributed by atoms with Crippen LogP contribution in [0.1, 0.15) is 0 Å². The summed E-state index contributed by atoms with van der Waals surface area (Å²) in [5, 5.41) is 23.2. The van der Waals surface area contributed by atoms with E-state index in [0.717, 1.165) is 18.6 Å². The third kappa shape index (κ3) is 3.21. The second-order valence-electron chi connectivity index (χ2n) is 6.82. The summed E-state index contributed by atoms with van der Waals surface area (Å²) in [4.78, 5) is 7.86. The number of hydrogen-bond acceptors (Lipinski definition) is 9. The zero-order valence-corrected chi connectivity index (χ0v) is 17.1. The smallest absolute Gasteiger partial charge is 0.239 e. The Morgan fingerprint density at radius 3 is 2.63 bits per heavy atom. The number of hydrogen-bond donors (Lipinski definition) is 5. The first kappa shape index (κ1) is 19.0. The van der Waals surface area contributed by atoms with Gasteiger partial charge in [-0.3, -0.25) is 0 Å². The molecule has 0 bridgehead atoms. The summed E-state index contributed by atoms with van der Waals surface area (Å²) >= 11 is 1.46. The lowest BCUT2D eigenvalue weighted by Gasteiger charge is -2.27. The van der Waals surface area contributed by atoms with E-state index in [0.29, 0.717) is 21.5 Å². The van der Waals surface area contributed by atoms with E-state index in [2.05, 4.69) is 35.9 Å². The molecule has 5 rings (SSSR count). The standard InChI is InChI=1S/C17H17N9O2S2/c18-17-21-11-3-1-2-10(14(11)22-17)9-4-5-12(29-8-6-20-7-8)15(30(19,27)28)13(9)16-23-25-26-24-16/h1-5,8,20H,6-7H2,(H3,18,21,22)(H2,19,27,28)(H,23,24,25,26). The minimum absolute atomic E-state index is 0.0289. The average Bonchev–Trinajstić information content (AvgIpc) is 3.31. The minimum atomic E-state index is -4.11. The summed E-state index contributed by atoms with van der Waals surface area (Å²) < 4.78 is 25.5. The van der Waals surface area contributed by atoms with Crippen LogP contribution in [0.15, 0.2) is 40.1 Å². The number of imidazole rings is 1. The maximum absolute atomic E-state index is 12.7. The topological polar surface area (TPSA) is 181 Å². The van der Waals surface area contributed by atoms with Gasteiger partial charge in [0.2, 0.25) is 15.8 Å². The van der Waals surface area contributed by atoms with Crippen molar-refractivity contribution in [3.8, 4) is 22.5 Å². The number of aromatic amines is 2. The number of benzene rings is 2. The molecule has 0 unspecified atom stereocenters. The lowest BCUT2D eigenvalue weighted by molar-refractivity contribution is 0.543. The molecule has 2 aromatic heterocycles. The van der Waals surface area contributed by atoms with Gasteiger partial charge in [0.15, 0.2) is 5.95 Å². The van der Waals surface area contributed by atoms with Crippen LogP contribution < -0.4 is 16.2 Å². The highest BCUT2D eigenvalue weighted by molar-refractivity contribution is 8.00. The van der Waals surface area contributed by atoms with Gasteiger partial charge in [0.05, 0.1) is 16.6 Å². The molecule has 3 heterocycles. The number of primary sulfonamides is 1. The van der Waals surface area contributed by atoms with Crippen LogP contribution in [0.5, 0.6) is 0 Å². The highest BCUT2D eigenvalue weighted by Gasteiger charge is 2.30. The number of fused-ring (bicyclic) bond motifs is 1. The monoisotopic (exact) mass is 443 g/mol. The van der Waals surface area contributed by atoms with Gasteiger partial charge in [-0.1, -0.05) is 18.2 Å². The number of rotatable bonds is 5. The molecule has 13 heteroatoms. The number of anilines is 1. The third-order valence-corrected chi connectivity index (χ3v) is 7.22. The molecule has 0 atom stereocenters. The summed E-state index contributed by atoms with van der Waals surface area (Å²) in [6.07, 6.45) is 0. The normalized spacial score (nSPS) is 14.8. The number of sulfonamides is 1. The van der Waals surface area contributed by atoms with Gasteiger partial charge in [0.1, 0.15) is 4.90 Å². The summed E-state index contributed by atoms with van der Waals surface area (Å²) in [7, 11) is -4.11. The zero-order chi connectivity index (χ0) is 20.9. The average molecular weight is 444 g/mol. The first-order chi connectivity index (χ1) is 14.4. The van der Waals surface area contributed by atoms with Crippen LogP contribution >= 0.6 is 11.8 Å². The second kappa shape index (κ2) is 7.05. The Bertz CT molecular complexity index is 1350. The Morgan fingerprint density at radius 2 is 1.97 bits per heavy atom.